The first-order chi connectivity index (χ1) is 4.88. The number of hydrogen-bond acceptors (Lipinski definition) is 4. The third-order valence-corrected chi connectivity index (χ3v) is 2.06. The van der Waals surface area contributed by atoms with Crippen molar-refractivity contribution >= 4 is 21.6 Å². The zero-order chi connectivity index (χ0) is 6.97. The topological polar surface area (TPSA) is 43.1 Å². The molecule has 0 bridgehead atoms. The van der Waals surface area contributed by atoms with E-state index in [0.717, 1.165) is 6.39 Å². The molecule has 50 valence electrons. The van der Waals surface area contributed by atoms with Crippen molar-refractivity contribution in [3.63, 3.8) is 0 Å². The van der Waals surface area contributed by atoms with Gasteiger partial charge in [-0.15, -0.1) is 11.3 Å². The highest BCUT2D eigenvalue weighted by Gasteiger charge is 1.99. The Labute approximate surface area is 59.9 Å². The smallest absolute Gasteiger partial charge is 0.293 e. The molecule has 0 aromatic carbocycles. The van der Waals surface area contributed by atoms with Gasteiger partial charge in [-0.25, -0.2) is 0 Å². The van der Waals surface area contributed by atoms with Crippen molar-refractivity contribution in [2.75, 3.05) is 0 Å². The van der Waals surface area contributed by atoms with Crippen LogP contribution in [0.3, 0.4) is 0 Å². The molecule has 0 N–H and O–H groups in total. The summed E-state index contributed by atoms with van der Waals surface area (Å²) < 4.78 is 5.52. The molecule has 2 aromatic heterocycles. The minimum Gasteiger partial charge on any atom is -0.444 e. The van der Waals surface area contributed by atoms with E-state index in [9.17, 15) is 4.79 Å². The number of aromatic nitrogens is 1. The molecule has 0 aliphatic heterocycles. The Morgan fingerprint density at radius 1 is 1.60 bits per heavy atom. The number of nitrogens with zero attached hydrogens (tertiary/aromatic N) is 1. The van der Waals surface area contributed by atoms with Crippen molar-refractivity contribution < 1.29 is 4.42 Å². The molecule has 2 heterocycles. The van der Waals surface area contributed by atoms with Crippen LogP contribution < -0.4 is 5.56 Å². The Hall–Kier alpha value is -1.16. The first-order valence-electron chi connectivity index (χ1n) is 2.69. The van der Waals surface area contributed by atoms with Crippen LogP contribution in [0.1, 0.15) is 0 Å². The highest BCUT2D eigenvalue weighted by Crippen LogP contribution is 2.14. The summed E-state index contributed by atoms with van der Waals surface area (Å²) in [5, 5.41) is 1.80. The number of thiophene rings is 1. The summed E-state index contributed by atoms with van der Waals surface area (Å²) in [7, 11) is 0. The second-order valence-corrected chi connectivity index (χ2v) is 2.69. The standard InChI is InChI=1S/C6H3NO2S/c8-6-5-4(1-2-10-5)9-3-7-6/h1-3H. The van der Waals surface area contributed by atoms with Gasteiger partial charge in [0.15, 0.2) is 12.0 Å². The van der Waals surface area contributed by atoms with Crippen molar-refractivity contribution in [3.8, 4) is 0 Å². The van der Waals surface area contributed by atoms with E-state index in [2.05, 4.69) is 4.98 Å². The zero-order valence-corrected chi connectivity index (χ0v) is 5.72. The second kappa shape index (κ2) is 1.91. The lowest BCUT2D eigenvalue weighted by atomic mass is 10.5. The zero-order valence-electron chi connectivity index (χ0n) is 4.90. The largest absolute Gasteiger partial charge is 0.444 e. The average Bonchev–Trinajstić information content (AvgIpc) is 2.36. The molecule has 0 spiro atoms. The first kappa shape index (κ1) is 5.61. The predicted molar refractivity (Wildman–Crippen MR) is 38.2 cm³/mol. The third kappa shape index (κ3) is 0.657. The number of fused-ring (bicyclic) bond motifs is 1. The lowest BCUT2D eigenvalue weighted by molar-refractivity contribution is 0.578. The van der Waals surface area contributed by atoms with Crippen LogP contribution in [-0.2, 0) is 0 Å². The van der Waals surface area contributed by atoms with Crippen LogP contribution in [0.4, 0.5) is 0 Å². The Bertz CT molecular complexity index is 403. The average molecular weight is 153 g/mol. The molecule has 0 saturated carbocycles. The van der Waals surface area contributed by atoms with Gasteiger partial charge in [0.1, 0.15) is 4.70 Å². The minimum atomic E-state index is -0.212. The SMILES string of the molecule is O=c1ncoc2ccsc12. The monoisotopic (exact) mass is 153 g/mol. The van der Waals surface area contributed by atoms with E-state index in [0.29, 0.717) is 10.3 Å². The summed E-state index contributed by atoms with van der Waals surface area (Å²) in [6, 6.07) is 1.75. The Morgan fingerprint density at radius 3 is 3.30 bits per heavy atom. The van der Waals surface area contributed by atoms with E-state index in [1.54, 1.807) is 11.4 Å². The number of hydrogen-bond donors (Lipinski definition) is 0. The molecule has 0 amide bonds. The van der Waals surface area contributed by atoms with Crippen molar-refractivity contribution in [1.82, 2.24) is 4.98 Å². The molecule has 0 unspecified atom stereocenters. The van der Waals surface area contributed by atoms with Gasteiger partial charge in [0.25, 0.3) is 5.56 Å². The molecule has 0 aliphatic carbocycles. The molecule has 0 aliphatic rings. The fourth-order valence-corrected chi connectivity index (χ4v) is 1.45. The van der Waals surface area contributed by atoms with Crippen LogP contribution >= 0.6 is 11.3 Å². The van der Waals surface area contributed by atoms with E-state index in [1.165, 1.54) is 11.3 Å². The molecule has 4 heteroatoms. The molecule has 0 saturated heterocycles. The van der Waals surface area contributed by atoms with Crippen molar-refractivity contribution in [2.24, 2.45) is 0 Å². The van der Waals surface area contributed by atoms with Crippen LogP contribution in [0.15, 0.2) is 27.1 Å². The van der Waals surface area contributed by atoms with Gasteiger partial charge in [0.05, 0.1) is 0 Å². The Kier molecular flexibility index (Phi) is 1.07. The second-order valence-electron chi connectivity index (χ2n) is 1.77. The van der Waals surface area contributed by atoms with E-state index in [4.69, 9.17) is 4.42 Å². The highest BCUT2D eigenvalue weighted by molar-refractivity contribution is 7.17. The summed E-state index contributed by atoms with van der Waals surface area (Å²) in [6.07, 6.45) is 1.16. The summed E-state index contributed by atoms with van der Waals surface area (Å²) in [6.45, 7) is 0. The van der Waals surface area contributed by atoms with Gasteiger partial charge in [-0.1, -0.05) is 0 Å². The minimum absolute atomic E-state index is 0.212. The molecule has 3 nitrogen and oxygen atoms in total. The Balaban J connectivity index is 3.09. The molecule has 0 fully saturated rings. The maximum absolute atomic E-state index is 10.9. The van der Waals surface area contributed by atoms with Crippen molar-refractivity contribution in [1.29, 1.82) is 0 Å². The molecule has 2 aromatic rings. The van der Waals surface area contributed by atoms with E-state index in [-0.39, 0.29) is 5.56 Å². The highest BCUT2D eigenvalue weighted by atomic mass is 32.1. The number of rotatable bonds is 0. The lowest BCUT2D eigenvalue weighted by Crippen LogP contribution is -2.01. The fourth-order valence-electron chi connectivity index (χ4n) is 0.736. The molecule has 0 radical (unpaired) electrons. The Morgan fingerprint density at radius 2 is 2.50 bits per heavy atom. The van der Waals surface area contributed by atoms with Gasteiger partial charge in [0, 0.05) is 0 Å². The lowest BCUT2D eigenvalue weighted by Gasteiger charge is -1.81. The van der Waals surface area contributed by atoms with E-state index < -0.39 is 0 Å². The van der Waals surface area contributed by atoms with E-state index in [1.807, 2.05) is 0 Å². The molecule has 0 atom stereocenters. The maximum atomic E-state index is 10.9. The van der Waals surface area contributed by atoms with Crippen molar-refractivity contribution in [3.05, 3.63) is 28.2 Å². The van der Waals surface area contributed by atoms with Crippen LogP contribution in [0.25, 0.3) is 10.3 Å². The first-order valence-corrected chi connectivity index (χ1v) is 3.57. The summed E-state index contributed by atoms with van der Waals surface area (Å²) in [5.41, 5.74) is 0.404. The van der Waals surface area contributed by atoms with Crippen molar-refractivity contribution in [2.45, 2.75) is 0 Å². The summed E-state index contributed by atoms with van der Waals surface area (Å²) >= 11 is 1.35. The quantitative estimate of drug-likeness (QED) is 0.572. The van der Waals surface area contributed by atoms with Gasteiger partial charge < -0.3 is 4.42 Å². The van der Waals surface area contributed by atoms with Gasteiger partial charge in [0.2, 0.25) is 0 Å². The van der Waals surface area contributed by atoms with Crippen LogP contribution in [-0.4, -0.2) is 4.98 Å². The third-order valence-electron chi connectivity index (χ3n) is 1.17. The normalized spacial score (nSPS) is 10.4. The van der Waals surface area contributed by atoms with Gasteiger partial charge >= 0.3 is 0 Å². The summed E-state index contributed by atoms with van der Waals surface area (Å²) in [5.74, 6) is 0. The van der Waals surface area contributed by atoms with Crippen LogP contribution in [0.5, 0.6) is 0 Å². The van der Waals surface area contributed by atoms with Gasteiger partial charge in [-0.05, 0) is 11.4 Å². The maximum Gasteiger partial charge on any atom is 0.293 e. The fraction of sp³-hybridized carbons (Fsp3) is 0. The van der Waals surface area contributed by atoms with Gasteiger partial charge in [-0.3, -0.25) is 4.79 Å². The molecular formula is C6H3NO2S. The summed E-state index contributed by atoms with van der Waals surface area (Å²) in [4.78, 5) is 14.3. The van der Waals surface area contributed by atoms with Gasteiger partial charge in [-0.2, -0.15) is 4.98 Å². The molecular weight excluding hydrogens is 150 g/mol. The molecule has 2 rings (SSSR count). The van der Waals surface area contributed by atoms with Crippen LogP contribution in [0.2, 0.25) is 0 Å². The molecule has 10 heavy (non-hydrogen) atoms. The van der Waals surface area contributed by atoms with E-state index >= 15 is 0 Å². The van der Waals surface area contributed by atoms with Crippen LogP contribution in [0, 0.1) is 0 Å². The predicted octanol–water partition coefficient (Wildman–Crippen LogP) is 1.25.